The second-order valence-corrected chi connectivity index (χ2v) is 8.68. The number of benzene rings is 2. The van der Waals surface area contributed by atoms with Crippen LogP contribution >= 0.6 is 34.4 Å². The minimum Gasteiger partial charge on any atom is -0.490 e. The summed E-state index contributed by atoms with van der Waals surface area (Å²) in [5, 5.41) is -0.400. The Morgan fingerprint density at radius 1 is 1.19 bits per heavy atom. The van der Waals surface area contributed by atoms with Gasteiger partial charge in [-0.1, -0.05) is 12.1 Å². The molecule has 10 heteroatoms. The molecule has 2 aromatic rings. The molecule has 0 bridgehead atoms. The second-order valence-electron chi connectivity index (χ2n) is 6.52. The minimum atomic E-state index is -0.526. The zero-order valence-corrected chi connectivity index (χ0v) is 20.2. The minimum absolute atomic E-state index is 0.0598. The summed E-state index contributed by atoms with van der Waals surface area (Å²) >= 11 is 2.88. The van der Waals surface area contributed by atoms with Crippen LogP contribution in [0.25, 0.3) is 6.08 Å². The summed E-state index contributed by atoms with van der Waals surface area (Å²) in [6.07, 6.45) is 1.60. The predicted octanol–water partition coefficient (Wildman–Crippen LogP) is 4.62. The molecule has 0 aliphatic carbocycles. The Labute approximate surface area is 202 Å². The molecule has 0 N–H and O–H groups in total. The van der Waals surface area contributed by atoms with Crippen LogP contribution in [-0.4, -0.2) is 42.3 Å². The second kappa shape index (κ2) is 10.8. The van der Waals surface area contributed by atoms with Gasteiger partial charge in [0.15, 0.2) is 18.1 Å². The van der Waals surface area contributed by atoms with Crippen LogP contribution < -0.4 is 9.47 Å². The molecule has 0 saturated carbocycles. The van der Waals surface area contributed by atoms with Crippen molar-refractivity contribution in [2.45, 2.75) is 13.5 Å². The number of esters is 1. The molecule has 0 unspecified atom stereocenters. The van der Waals surface area contributed by atoms with Crippen molar-refractivity contribution in [3.05, 3.63) is 61.8 Å². The van der Waals surface area contributed by atoms with Crippen molar-refractivity contribution in [2.75, 3.05) is 20.3 Å². The van der Waals surface area contributed by atoms with Crippen LogP contribution in [0.4, 0.5) is 9.18 Å². The van der Waals surface area contributed by atoms with Gasteiger partial charge in [0.05, 0.1) is 28.7 Å². The Bertz CT molecular complexity index is 1070. The molecule has 0 aromatic heterocycles. The van der Waals surface area contributed by atoms with Crippen molar-refractivity contribution in [1.82, 2.24) is 4.90 Å². The first kappa shape index (κ1) is 24.1. The van der Waals surface area contributed by atoms with E-state index in [0.29, 0.717) is 32.8 Å². The van der Waals surface area contributed by atoms with Gasteiger partial charge in [0.25, 0.3) is 11.1 Å². The summed E-state index contributed by atoms with van der Waals surface area (Å²) in [6, 6.07) is 9.06. The van der Waals surface area contributed by atoms with Crippen molar-refractivity contribution in [3.8, 4) is 11.5 Å². The molecule has 1 aliphatic rings. The number of rotatable bonds is 8. The van der Waals surface area contributed by atoms with Gasteiger partial charge in [-0.2, -0.15) is 0 Å². The molecule has 0 atom stereocenters. The van der Waals surface area contributed by atoms with E-state index >= 15 is 0 Å². The number of ether oxygens (including phenoxy) is 3. The third-order valence-electron chi connectivity index (χ3n) is 4.32. The average molecular weight is 571 g/mol. The van der Waals surface area contributed by atoms with Gasteiger partial charge in [-0.25, -0.2) is 9.18 Å². The van der Waals surface area contributed by atoms with Crippen molar-refractivity contribution in [1.29, 1.82) is 0 Å². The first-order chi connectivity index (χ1) is 15.3. The fourth-order valence-electron chi connectivity index (χ4n) is 2.82. The van der Waals surface area contributed by atoms with Crippen LogP contribution in [0.1, 0.15) is 18.1 Å². The van der Waals surface area contributed by atoms with Gasteiger partial charge in [-0.3, -0.25) is 14.5 Å². The molecule has 7 nitrogen and oxygen atoms in total. The first-order valence-corrected chi connectivity index (χ1v) is 11.4. The Kier molecular flexibility index (Phi) is 8.13. The maximum Gasteiger partial charge on any atom is 0.343 e. The van der Waals surface area contributed by atoms with Gasteiger partial charge in [0.1, 0.15) is 5.82 Å². The zero-order chi connectivity index (χ0) is 23.3. The summed E-state index contributed by atoms with van der Waals surface area (Å²) in [4.78, 5) is 38.0. The summed E-state index contributed by atoms with van der Waals surface area (Å²) in [6.45, 7) is 1.96. The molecule has 2 aromatic carbocycles. The smallest absolute Gasteiger partial charge is 0.343 e. The fraction of sp³-hybridized carbons (Fsp3) is 0.227. The maximum atomic E-state index is 13.1. The van der Waals surface area contributed by atoms with E-state index in [-0.39, 0.29) is 23.9 Å². The Morgan fingerprint density at radius 2 is 1.91 bits per heavy atom. The van der Waals surface area contributed by atoms with Crippen molar-refractivity contribution >= 4 is 57.5 Å². The summed E-state index contributed by atoms with van der Waals surface area (Å²) < 4.78 is 29.5. The number of thioether (sulfide) groups is 1. The van der Waals surface area contributed by atoms with E-state index < -0.39 is 17.1 Å². The first-order valence-electron chi connectivity index (χ1n) is 9.48. The lowest BCUT2D eigenvalue weighted by molar-refractivity contribution is -0.143. The van der Waals surface area contributed by atoms with Crippen molar-refractivity contribution < 1.29 is 33.0 Å². The highest BCUT2D eigenvalue weighted by Gasteiger charge is 2.35. The average Bonchev–Trinajstić information content (AvgIpc) is 3.02. The van der Waals surface area contributed by atoms with Crippen LogP contribution in [0.15, 0.2) is 41.3 Å². The normalized spacial score (nSPS) is 14.8. The number of nitrogens with zero attached hydrogens (tertiary/aromatic N) is 1. The number of carbonyl (C=O) groups is 3. The Balaban J connectivity index is 1.83. The lowest BCUT2D eigenvalue weighted by atomic mass is 10.1. The molecular weight excluding hydrogens is 552 g/mol. The molecule has 32 heavy (non-hydrogen) atoms. The van der Waals surface area contributed by atoms with Gasteiger partial charge >= 0.3 is 5.97 Å². The molecule has 0 spiro atoms. The molecule has 2 amide bonds. The molecular formula is C22H19FINO6S. The highest BCUT2D eigenvalue weighted by atomic mass is 127. The number of carbonyl (C=O) groups excluding carboxylic acids is 3. The number of hydrogen-bond donors (Lipinski definition) is 0. The third-order valence-corrected chi connectivity index (χ3v) is 6.03. The summed E-state index contributed by atoms with van der Waals surface area (Å²) in [5.41, 5.74) is 1.28. The van der Waals surface area contributed by atoms with Crippen molar-refractivity contribution in [3.63, 3.8) is 0 Å². The Hall–Kier alpha value is -2.60. The van der Waals surface area contributed by atoms with E-state index in [0.717, 1.165) is 16.7 Å². The van der Waals surface area contributed by atoms with Gasteiger partial charge in [-0.15, -0.1) is 0 Å². The fourth-order valence-corrected chi connectivity index (χ4v) is 4.44. The predicted molar refractivity (Wildman–Crippen MR) is 126 cm³/mol. The molecule has 168 valence electrons. The Morgan fingerprint density at radius 3 is 2.56 bits per heavy atom. The SMILES string of the molecule is CCOc1cc(/C=C2/SC(=O)N(Cc3ccc(F)cc3)C2=O)cc(I)c1OCC(=O)OC. The molecule has 0 radical (unpaired) electrons. The lowest BCUT2D eigenvalue weighted by Crippen LogP contribution is -2.27. The van der Waals surface area contributed by atoms with E-state index in [1.807, 2.05) is 29.5 Å². The molecule has 1 heterocycles. The largest absolute Gasteiger partial charge is 0.490 e. The van der Waals surface area contributed by atoms with Crippen LogP contribution in [-0.2, 0) is 20.9 Å². The maximum absolute atomic E-state index is 13.1. The van der Waals surface area contributed by atoms with E-state index in [2.05, 4.69) is 4.74 Å². The number of halogens is 2. The van der Waals surface area contributed by atoms with Crippen LogP contribution in [0, 0.1) is 9.39 Å². The van der Waals surface area contributed by atoms with Gasteiger partial charge in [0.2, 0.25) is 0 Å². The highest BCUT2D eigenvalue weighted by Crippen LogP contribution is 2.38. The van der Waals surface area contributed by atoms with E-state index in [1.54, 1.807) is 18.2 Å². The summed E-state index contributed by atoms with van der Waals surface area (Å²) in [5.74, 6) is -0.550. The van der Waals surface area contributed by atoms with Gasteiger partial charge in [0, 0.05) is 0 Å². The number of imide groups is 1. The zero-order valence-electron chi connectivity index (χ0n) is 17.2. The monoisotopic (exact) mass is 571 g/mol. The quantitative estimate of drug-likeness (QED) is 0.260. The molecule has 3 rings (SSSR count). The topological polar surface area (TPSA) is 82.1 Å². The lowest BCUT2D eigenvalue weighted by Gasteiger charge is -2.14. The number of methoxy groups -OCH3 is 1. The van der Waals surface area contributed by atoms with Crippen molar-refractivity contribution in [2.24, 2.45) is 0 Å². The van der Waals surface area contributed by atoms with E-state index in [1.165, 1.54) is 31.4 Å². The van der Waals surface area contributed by atoms with E-state index in [4.69, 9.17) is 9.47 Å². The highest BCUT2D eigenvalue weighted by molar-refractivity contribution is 14.1. The molecule has 1 aliphatic heterocycles. The number of hydrogen-bond acceptors (Lipinski definition) is 7. The third kappa shape index (κ3) is 5.80. The molecule has 1 fully saturated rings. The van der Waals surface area contributed by atoms with E-state index in [9.17, 15) is 18.8 Å². The molecule has 1 saturated heterocycles. The van der Waals surface area contributed by atoms with Crippen LogP contribution in [0.5, 0.6) is 11.5 Å². The standard InChI is InChI=1S/C22H19FINO6S/c1-3-30-17-9-14(8-16(24)20(17)31-12-19(26)29-2)10-18-21(27)25(22(28)32-18)11-13-4-6-15(23)7-5-13/h4-10H,3,11-12H2,1-2H3/b18-10+. The summed E-state index contributed by atoms with van der Waals surface area (Å²) in [7, 11) is 1.27. The number of amides is 2. The van der Waals surface area contributed by atoms with Gasteiger partial charge < -0.3 is 14.2 Å². The van der Waals surface area contributed by atoms with Crippen LogP contribution in [0.2, 0.25) is 0 Å². The van der Waals surface area contributed by atoms with Crippen LogP contribution in [0.3, 0.4) is 0 Å². The van der Waals surface area contributed by atoms with Gasteiger partial charge in [-0.05, 0) is 82.7 Å².